The van der Waals surface area contributed by atoms with Gasteiger partial charge >= 0.3 is 0 Å². The Labute approximate surface area is 104 Å². The van der Waals surface area contributed by atoms with Crippen LogP contribution in [0.4, 0.5) is 5.69 Å². The van der Waals surface area contributed by atoms with E-state index in [1.807, 2.05) is 0 Å². The Morgan fingerprint density at radius 1 is 1.56 bits per heavy atom. The molecular weight excluding hydrogens is 232 g/mol. The van der Waals surface area contributed by atoms with Crippen LogP contribution in [0, 0.1) is 0 Å². The van der Waals surface area contributed by atoms with Gasteiger partial charge in [-0.05, 0) is 18.2 Å². The number of phenolic OH excluding ortho intramolecular Hbond substituents is 1. The molecular formula is C12H14N4O2. The summed E-state index contributed by atoms with van der Waals surface area (Å²) in [6, 6.07) is 4.71. The van der Waals surface area contributed by atoms with Crippen molar-refractivity contribution < 1.29 is 9.90 Å². The molecule has 1 heterocycles. The summed E-state index contributed by atoms with van der Waals surface area (Å²) < 4.78 is 1.69. The van der Waals surface area contributed by atoms with E-state index in [9.17, 15) is 9.90 Å². The summed E-state index contributed by atoms with van der Waals surface area (Å²) in [6.07, 6.45) is 3.17. The highest BCUT2D eigenvalue weighted by molar-refractivity contribution is 5.92. The van der Waals surface area contributed by atoms with Crippen LogP contribution in [0.15, 0.2) is 30.7 Å². The topological polar surface area (TPSA) is 93.2 Å². The average Bonchev–Trinajstić information content (AvgIpc) is 2.77. The Morgan fingerprint density at radius 3 is 3.00 bits per heavy atom. The first-order chi connectivity index (χ1) is 8.56. The highest BCUT2D eigenvalue weighted by Gasteiger charge is 2.09. The SMILES string of the molecule is Cn1cnc(C(=O)NCc2cc(N)ccc2O)c1. The van der Waals surface area contributed by atoms with Crippen molar-refractivity contribution in [2.24, 2.45) is 7.05 Å². The largest absolute Gasteiger partial charge is 0.508 e. The van der Waals surface area contributed by atoms with Gasteiger partial charge in [0.25, 0.3) is 5.91 Å². The predicted molar refractivity (Wildman–Crippen MR) is 66.9 cm³/mol. The molecule has 4 N–H and O–H groups in total. The molecule has 0 bridgehead atoms. The third-order valence-electron chi connectivity index (χ3n) is 2.48. The first-order valence-electron chi connectivity index (χ1n) is 5.40. The fraction of sp³-hybridized carbons (Fsp3) is 0.167. The molecule has 1 aromatic heterocycles. The number of benzene rings is 1. The fourth-order valence-electron chi connectivity index (χ4n) is 1.54. The predicted octanol–water partition coefficient (Wildman–Crippen LogP) is 0.638. The molecule has 18 heavy (non-hydrogen) atoms. The first-order valence-corrected chi connectivity index (χ1v) is 5.40. The van der Waals surface area contributed by atoms with Gasteiger partial charge in [0.2, 0.25) is 0 Å². The molecule has 0 unspecified atom stereocenters. The number of carbonyl (C=O) groups excluding carboxylic acids is 1. The van der Waals surface area contributed by atoms with E-state index in [-0.39, 0.29) is 18.2 Å². The minimum atomic E-state index is -0.294. The third kappa shape index (κ3) is 2.60. The molecule has 6 heteroatoms. The maximum absolute atomic E-state index is 11.7. The number of carbonyl (C=O) groups is 1. The molecule has 0 aliphatic heterocycles. The van der Waals surface area contributed by atoms with Crippen LogP contribution in [-0.4, -0.2) is 20.6 Å². The van der Waals surface area contributed by atoms with Crippen molar-refractivity contribution in [2.75, 3.05) is 5.73 Å². The van der Waals surface area contributed by atoms with E-state index < -0.39 is 0 Å². The molecule has 0 atom stereocenters. The summed E-state index contributed by atoms with van der Waals surface area (Å²) in [5.74, 6) is -0.192. The van der Waals surface area contributed by atoms with E-state index in [0.29, 0.717) is 16.9 Å². The molecule has 0 aliphatic carbocycles. The standard InChI is InChI=1S/C12H14N4O2/c1-16-6-10(15-7-16)12(18)14-5-8-4-9(13)2-3-11(8)17/h2-4,6-7,17H,5,13H2,1H3,(H,14,18). The number of aryl methyl sites for hydroxylation is 1. The van der Waals surface area contributed by atoms with Crippen LogP contribution in [0.1, 0.15) is 16.1 Å². The lowest BCUT2D eigenvalue weighted by Gasteiger charge is -2.06. The summed E-state index contributed by atoms with van der Waals surface area (Å²) in [6.45, 7) is 0.201. The van der Waals surface area contributed by atoms with Crippen molar-refractivity contribution in [3.05, 3.63) is 42.0 Å². The van der Waals surface area contributed by atoms with Crippen molar-refractivity contribution in [1.82, 2.24) is 14.9 Å². The molecule has 0 aliphatic rings. The van der Waals surface area contributed by atoms with E-state index in [0.717, 1.165) is 0 Å². The van der Waals surface area contributed by atoms with E-state index in [1.54, 1.807) is 36.3 Å². The zero-order chi connectivity index (χ0) is 13.1. The van der Waals surface area contributed by atoms with E-state index in [1.165, 1.54) is 6.07 Å². The Morgan fingerprint density at radius 2 is 2.33 bits per heavy atom. The van der Waals surface area contributed by atoms with Crippen LogP contribution < -0.4 is 11.1 Å². The van der Waals surface area contributed by atoms with Gasteiger partial charge in [-0.3, -0.25) is 4.79 Å². The number of hydrogen-bond donors (Lipinski definition) is 3. The molecule has 94 valence electrons. The van der Waals surface area contributed by atoms with Crippen LogP contribution in [-0.2, 0) is 13.6 Å². The second kappa shape index (κ2) is 4.79. The number of aromatic nitrogens is 2. The molecule has 6 nitrogen and oxygen atoms in total. The molecule has 0 radical (unpaired) electrons. The lowest BCUT2D eigenvalue weighted by molar-refractivity contribution is 0.0946. The Balaban J connectivity index is 2.03. The lowest BCUT2D eigenvalue weighted by atomic mass is 10.2. The van der Waals surface area contributed by atoms with Gasteiger partial charge in [0, 0.05) is 31.0 Å². The maximum Gasteiger partial charge on any atom is 0.271 e. The van der Waals surface area contributed by atoms with Gasteiger partial charge in [-0.25, -0.2) is 4.98 Å². The number of rotatable bonds is 3. The van der Waals surface area contributed by atoms with Crippen LogP contribution >= 0.6 is 0 Å². The molecule has 1 amide bonds. The van der Waals surface area contributed by atoms with Crippen LogP contribution in [0.3, 0.4) is 0 Å². The number of nitrogens with two attached hydrogens (primary N) is 1. The molecule has 0 saturated heterocycles. The second-order valence-electron chi connectivity index (χ2n) is 4.00. The Kier molecular flexibility index (Phi) is 3.18. The van der Waals surface area contributed by atoms with Gasteiger partial charge in [-0.1, -0.05) is 0 Å². The Hall–Kier alpha value is -2.50. The van der Waals surface area contributed by atoms with Gasteiger partial charge in [-0.2, -0.15) is 0 Å². The van der Waals surface area contributed by atoms with Gasteiger partial charge in [0.15, 0.2) is 0 Å². The summed E-state index contributed by atoms with van der Waals surface area (Å²) in [7, 11) is 1.79. The first kappa shape index (κ1) is 12.0. The molecule has 1 aromatic carbocycles. The Bertz CT molecular complexity index is 577. The number of amides is 1. The van der Waals surface area contributed by atoms with Gasteiger partial charge < -0.3 is 20.7 Å². The zero-order valence-corrected chi connectivity index (χ0v) is 9.92. The molecule has 0 fully saturated rings. The maximum atomic E-state index is 11.7. The van der Waals surface area contributed by atoms with Crippen LogP contribution in [0.5, 0.6) is 5.75 Å². The van der Waals surface area contributed by atoms with Crippen molar-refractivity contribution in [2.45, 2.75) is 6.54 Å². The summed E-state index contributed by atoms with van der Waals surface area (Å²) in [5, 5.41) is 12.3. The minimum Gasteiger partial charge on any atom is -0.508 e. The number of nitrogen functional groups attached to an aromatic ring is 1. The molecule has 0 saturated carbocycles. The smallest absolute Gasteiger partial charge is 0.271 e. The van der Waals surface area contributed by atoms with Gasteiger partial charge in [-0.15, -0.1) is 0 Å². The van der Waals surface area contributed by atoms with E-state index in [4.69, 9.17) is 5.73 Å². The lowest BCUT2D eigenvalue weighted by Crippen LogP contribution is -2.23. The quantitative estimate of drug-likeness (QED) is 0.547. The number of anilines is 1. The molecule has 2 aromatic rings. The molecule has 0 spiro atoms. The number of phenols is 1. The number of aromatic hydroxyl groups is 1. The summed E-state index contributed by atoms with van der Waals surface area (Å²) in [4.78, 5) is 15.7. The third-order valence-corrected chi connectivity index (χ3v) is 2.48. The normalized spacial score (nSPS) is 10.3. The van der Waals surface area contributed by atoms with Crippen LogP contribution in [0.25, 0.3) is 0 Å². The van der Waals surface area contributed by atoms with Gasteiger partial charge in [0.1, 0.15) is 11.4 Å². The van der Waals surface area contributed by atoms with Gasteiger partial charge in [0.05, 0.1) is 6.33 Å². The number of nitrogens with zero attached hydrogens (tertiary/aromatic N) is 2. The molecule has 2 rings (SSSR count). The monoisotopic (exact) mass is 246 g/mol. The van der Waals surface area contributed by atoms with Crippen molar-refractivity contribution in [3.8, 4) is 5.75 Å². The summed E-state index contributed by atoms with van der Waals surface area (Å²) in [5.41, 5.74) is 7.05. The average molecular weight is 246 g/mol. The van der Waals surface area contributed by atoms with Crippen molar-refractivity contribution >= 4 is 11.6 Å². The second-order valence-corrected chi connectivity index (χ2v) is 4.00. The number of nitrogens with one attached hydrogen (secondary N) is 1. The zero-order valence-electron chi connectivity index (χ0n) is 9.92. The minimum absolute atomic E-state index is 0.102. The van der Waals surface area contributed by atoms with E-state index in [2.05, 4.69) is 10.3 Å². The van der Waals surface area contributed by atoms with Crippen LogP contribution in [0.2, 0.25) is 0 Å². The highest BCUT2D eigenvalue weighted by atomic mass is 16.3. The summed E-state index contributed by atoms with van der Waals surface area (Å²) >= 11 is 0. The van der Waals surface area contributed by atoms with Crippen molar-refractivity contribution in [3.63, 3.8) is 0 Å². The number of imidazole rings is 1. The fourth-order valence-corrected chi connectivity index (χ4v) is 1.54. The number of hydrogen-bond acceptors (Lipinski definition) is 4. The highest BCUT2D eigenvalue weighted by Crippen LogP contribution is 2.19. The van der Waals surface area contributed by atoms with Crippen molar-refractivity contribution in [1.29, 1.82) is 0 Å². The van der Waals surface area contributed by atoms with E-state index >= 15 is 0 Å².